The Morgan fingerprint density at radius 3 is 1.71 bits per heavy atom. The van der Waals surface area contributed by atoms with Gasteiger partial charge < -0.3 is 20.8 Å². The number of likely N-dealkylation sites (tertiary alicyclic amines) is 2. The highest BCUT2D eigenvalue weighted by Gasteiger charge is 2.33. The number of nitrogens with one attached hydrogen (secondary N) is 2. The van der Waals surface area contributed by atoms with Crippen molar-refractivity contribution >= 4 is 29.2 Å². The zero-order valence-electron chi connectivity index (χ0n) is 32.4. The minimum Gasteiger partial charge on any atom is -0.480 e. The molecule has 2 aliphatic heterocycles. The molecule has 11 heteroatoms. The number of hydrogen-bond acceptors (Lipinski definition) is 8. The van der Waals surface area contributed by atoms with Gasteiger partial charge in [-0.05, 0) is 159 Å². The summed E-state index contributed by atoms with van der Waals surface area (Å²) in [5, 5.41) is 25.9. The summed E-state index contributed by atoms with van der Waals surface area (Å²) in [4.78, 5) is 52.9. The number of carbonyl (C=O) groups excluding carboxylic acids is 2. The molecule has 2 aliphatic carbocycles. The van der Waals surface area contributed by atoms with Gasteiger partial charge in [0, 0.05) is 42.9 Å². The summed E-state index contributed by atoms with van der Waals surface area (Å²) < 4.78 is 0. The maximum absolute atomic E-state index is 13.7. The highest BCUT2D eigenvalue weighted by molar-refractivity contribution is 6.05. The number of aliphatic hydroxyl groups excluding tert-OH is 1. The van der Waals surface area contributed by atoms with Gasteiger partial charge in [-0.25, -0.2) is 0 Å². The Balaban J connectivity index is 0.977. The Kier molecular flexibility index (Phi) is 11.0. The monoisotopic (exact) mass is 756 g/mol. The van der Waals surface area contributed by atoms with Crippen molar-refractivity contribution < 1.29 is 24.6 Å². The quantitative estimate of drug-likeness (QED) is 0.109. The number of aromatic nitrogens is 2. The van der Waals surface area contributed by atoms with Crippen LogP contribution in [0, 0.1) is 13.8 Å². The van der Waals surface area contributed by atoms with Gasteiger partial charge in [-0.1, -0.05) is 30.7 Å². The van der Waals surface area contributed by atoms with Crippen molar-refractivity contribution in [3.8, 4) is 11.1 Å². The van der Waals surface area contributed by atoms with Gasteiger partial charge >= 0.3 is 5.97 Å². The van der Waals surface area contributed by atoms with E-state index in [1.807, 2.05) is 73.5 Å². The van der Waals surface area contributed by atoms with Crippen LogP contribution in [0.2, 0.25) is 0 Å². The van der Waals surface area contributed by atoms with E-state index in [-0.39, 0.29) is 24.5 Å². The number of anilines is 2. The van der Waals surface area contributed by atoms with Crippen LogP contribution in [0.5, 0.6) is 0 Å². The molecule has 8 rings (SSSR count). The number of pyridine rings is 2. The predicted molar refractivity (Wildman–Crippen MR) is 216 cm³/mol. The van der Waals surface area contributed by atoms with E-state index >= 15 is 0 Å². The molecule has 4 aromatic rings. The third-order valence-corrected chi connectivity index (χ3v) is 12.4. The molecular weight excluding hydrogens is 705 g/mol. The highest BCUT2D eigenvalue weighted by atomic mass is 16.4. The van der Waals surface area contributed by atoms with Crippen LogP contribution in [0.1, 0.15) is 124 Å². The predicted octanol–water partition coefficient (Wildman–Crippen LogP) is 7.42. The van der Waals surface area contributed by atoms with Crippen LogP contribution < -0.4 is 10.6 Å². The second-order valence-corrected chi connectivity index (χ2v) is 16.2. The first-order valence-corrected chi connectivity index (χ1v) is 20.3. The average Bonchev–Trinajstić information content (AvgIpc) is 4.15. The molecule has 4 N–H and O–H groups in total. The molecule has 4 aliphatic rings. The summed E-state index contributed by atoms with van der Waals surface area (Å²) in [6, 6.07) is 15.2. The number of hydrogen-bond donors (Lipinski definition) is 4. The largest absolute Gasteiger partial charge is 0.480 e. The van der Waals surface area contributed by atoms with E-state index in [2.05, 4.69) is 25.5 Å². The smallest absolute Gasteiger partial charge is 0.320 e. The van der Waals surface area contributed by atoms with Gasteiger partial charge in [0.25, 0.3) is 11.8 Å². The summed E-state index contributed by atoms with van der Waals surface area (Å²) >= 11 is 0. The van der Waals surface area contributed by atoms with Gasteiger partial charge in [0.05, 0.1) is 6.61 Å². The summed E-state index contributed by atoms with van der Waals surface area (Å²) in [7, 11) is 0. The Morgan fingerprint density at radius 2 is 1.21 bits per heavy atom. The van der Waals surface area contributed by atoms with Gasteiger partial charge in [0.1, 0.15) is 17.4 Å². The van der Waals surface area contributed by atoms with Crippen molar-refractivity contribution in [2.75, 3.05) is 30.3 Å². The van der Waals surface area contributed by atoms with Crippen molar-refractivity contribution in [1.82, 2.24) is 19.8 Å². The lowest BCUT2D eigenvalue weighted by molar-refractivity contribution is -0.144. The molecule has 0 bridgehead atoms. The molecule has 4 heterocycles. The van der Waals surface area contributed by atoms with E-state index < -0.39 is 12.0 Å². The number of amides is 2. The number of aliphatic carboxylic acids is 1. The van der Waals surface area contributed by atoms with Gasteiger partial charge in [-0.15, -0.1) is 0 Å². The lowest BCUT2D eigenvalue weighted by Crippen LogP contribution is -2.44. The number of piperidine rings is 1. The minimum atomic E-state index is -0.779. The van der Waals surface area contributed by atoms with E-state index in [4.69, 9.17) is 0 Å². The molecule has 0 radical (unpaired) electrons. The molecule has 56 heavy (non-hydrogen) atoms. The fraction of sp³-hybridized carbons (Fsp3) is 0.444. The zero-order chi connectivity index (χ0) is 38.9. The summed E-state index contributed by atoms with van der Waals surface area (Å²) in [5.74, 6) is -0.519. The SMILES string of the molecule is Cc1c(NC(=O)c2cc(C3CC3)c(CN3CCC[C@@H]3CO)cn2)cccc1-c1cccc(NC(=O)c2cc(C3CC3)c(CN3CCCC[C@H]3C(=O)O)cn2)c1C. The maximum atomic E-state index is 13.7. The molecular formula is C45H52N6O5. The molecule has 11 nitrogen and oxygen atoms in total. The lowest BCUT2D eigenvalue weighted by atomic mass is 9.94. The fourth-order valence-corrected chi connectivity index (χ4v) is 8.77. The van der Waals surface area contributed by atoms with Crippen LogP contribution in [0.25, 0.3) is 11.1 Å². The standard InChI is InChI=1S/C45H52N6O5/c1-27-34(9-5-11-38(27)48-43(53)40-20-36(29-14-15-29)31(22-46-40)24-50-19-7-8-33(50)26-52)35-10-6-12-39(28(35)2)49-44(54)41-21-37(30-16-17-30)32(23-47-41)25-51-18-4-3-13-42(51)45(55)56/h5-6,9-12,20-23,29-30,33,42,52H,3-4,7-8,13-19,24-26H2,1-2H3,(H,48,53)(H,49,54)(H,55,56)/t33-,42+/m1/s1. The highest BCUT2D eigenvalue weighted by Crippen LogP contribution is 2.44. The minimum absolute atomic E-state index is 0.163. The molecule has 2 saturated carbocycles. The van der Waals surface area contributed by atoms with Crippen molar-refractivity contribution in [2.45, 2.75) is 109 Å². The molecule has 0 spiro atoms. The van der Waals surface area contributed by atoms with E-state index in [1.54, 1.807) is 6.20 Å². The zero-order valence-corrected chi connectivity index (χ0v) is 32.4. The molecule has 2 aromatic heterocycles. The number of carbonyl (C=O) groups is 3. The second kappa shape index (κ2) is 16.3. The van der Waals surface area contributed by atoms with E-state index in [0.29, 0.717) is 47.6 Å². The van der Waals surface area contributed by atoms with Crippen molar-refractivity contribution in [2.24, 2.45) is 0 Å². The Bertz CT molecular complexity index is 2150. The average molecular weight is 757 g/mol. The molecule has 292 valence electrons. The number of carboxylic acid groups (broad SMARTS) is 1. The van der Waals surface area contributed by atoms with Crippen molar-refractivity contribution in [3.63, 3.8) is 0 Å². The van der Waals surface area contributed by atoms with E-state index in [1.165, 1.54) is 5.56 Å². The topological polar surface area (TPSA) is 148 Å². The number of rotatable bonds is 13. The van der Waals surface area contributed by atoms with Gasteiger partial charge in [0.15, 0.2) is 0 Å². The molecule has 2 atom stereocenters. The number of aliphatic hydroxyl groups is 1. The maximum Gasteiger partial charge on any atom is 0.320 e. The molecule has 2 amide bonds. The number of carboxylic acids is 1. The van der Waals surface area contributed by atoms with Crippen LogP contribution in [0.15, 0.2) is 60.9 Å². The van der Waals surface area contributed by atoms with Crippen molar-refractivity contribution in [1.29, 1.82) is 0 Å². The third-order valence-electron chi connectivity index (χ3n) is 12.4. The summed E-state index contributed by atoms with van der Waals surface area (Å²) in [6.45, 7) is 7.10. The number of benzene rings is 2. The second-order valence-electron chi connectivity index (χ2n) is 16.2. The summed E-state index contributed by atoms with van der Waals surface area (Å²) in [6.07, 6.45) is 12.6. The first kappa shape index (κ1) is 37.9. The molecule has 0 unspecified atom stereocenters. The normalized spacial score (nSPS) is 20.2. The number of nitrogens with zero attached hydrogens (tertiary/aromatic N) is 4. The molecule has 2 aromatic carbocycles. The van der Waals surface area contributed by atoms with Crippen LogP contribution in [0.3, 0.4) is 0 Å². The van der Waals surface area contributed by atoms with Gasteiger partial charge in [0.2, 0.25) is 0 Å². The van der Waals surface area contributed by atoms with E-state index in [0.717, 1.165) is 110 Å². The van der Waals surface area contributed by atoms with Crippen LogP contribution in [-0.4, -0.2) is 79.5 Å². The van der Waals surface area contributed by atoms with Crippen molar-refractivity contribution in [3.05, 3.63) is 106 Å². The molecule has 4 fully saturated rings. The summed E-state index contributed by atoms with van der Waals surface area (Å²) in [5.41, 5.74) is 10.2. The molecule has 2 saturated heterocycles. The van der Waals surface area contributed by atoms with Crippen LogP contribution >= 0.6 is 0 Å². The van der Waals surface area contributed by atoms with Gasteiger partial charge in [-0.3, -0.25) is 34.2 Å². The first-order valence-electron chi connectivity index (χ1n) is 20.3. The Labute approximate surface area is 328 Å². The first-order chi connectivity index (χ1) is 27.2. The van der Waals surface area contributed by atoms with Crippen LogP contribution in [-0.2, 0) is 17.9 Å². The fourth-order valence-electron chi connectivity index (χ4n) is 8.77. The van der Waals surface area contributed by atoms with Crippen LogP contribution in [0.4, 0.5) is 11.4 Å². The van der Waals surface area contributed by atoms with E-state index in [9.17, 15) is 24.6 Å². The Hall–Kier alpha value is -4.97. The Morgan fingerprint density at radius 1 is 0.696 bits per heavy atom. The third kappa shape index (κ3) is 8.12. The van der Waals surface area contributed by atoms with Gasteiger partial charge in [-0.2, -0.15) is 0 Å². The lowest BCUT2D eigenvalue weighted by Gasteiger charge is -2.33.